The van der Waals surface area contributed by atoms with Crippen LogP contribution >= 0.6 is 27.5 Å². The SMILES string of the molecule is O=C1CCC(n2c(CCCl)nc3cc(Br)c(F)cc32)CN1. The molecule has 1 fully saturated rings. The number of aromatic nitrogens is 2. The molecule has 1 aromatic carbocycles. The molecule has 2 aromatic rings. The summed E-state index contributed by atoms with van der Waals surface area (Å²) in [5.74, 6) is 1.02. The number of halogens is 3. The van der Waals surface area contributed by atoms with Crippen molar-refractivity contribution >= 4 is 44.5 Å². The van der Waals surface area contributed by atoms with Crippen molar-refractivity contribution in [2.45, 2.75) is 25.3 Å². The number of aryl methyl sites for hydroxylation is 1. The summed E-state index contributed by atoms with van der Waals surface area (Å²) in [5.41, 5.74) is 1.48. The van der Waals surface area contributed by atoms with E-state index in [0.29, 0.717) is 29.7 Å². The highest BCUT2D eigenvalue weighted by Crippen LogP contribution is 2.29. The van der Waals surface area contributed by atoms with Crippen LogP contribution in [0, 0.1) is 5.82 Å². The first-order chi connectivity index (χ1) is 10.1. The van der Waals surface area contributed by atoms with Crippen LogP contribution in [0.2, 0.25) is 0 Å². The van der Waals surface area contributed by atoms with Crippen molar-refractivity contribution in [3.8, 4) is 0 Å². The Kier molecular flexibility index (Phi) is 4.17. The Balaban J connectivity index is 2.11. The summed E-state index contributed by atoms with van der Waals surface area (Å²) in [7, 11) is 0. The molecular formula is C14H14BrClFN3O. The molecule has 0 bridgehead atoms. The average Bonchev–Trinajstić information content (AvgIpc) is 2.78. The zero-order valence-electron chi connectivity index (χ0n) is 11.2. The van der Waals surface area contributed by atoms with Crippen LogP contribution in [-0.4, -0.2) is 27.9 Å². The molecule has 4 nitrogen and oxygen atoms in total. The van der Waals surface area contributed by atoms with E-state index in [1.165, 1.54) is 6.07 Å². The number of imidazole rings is 1. The van der Waals surface area contributed by atoms with E-state index < -0.39 is 0 Å². The van der Waals surface area contributed by atoms with Crippen LogP contribution < -0.4 is 5.32 Å². The number of hydrogen-bond acceptors (Lipinski definition) is 2. The molecule has 1 atom stereocenters. The standard InChI is InChI=1S/C14H14BrClFN3O/c15-9-5-11-12(6-10(9)17)20(13(19-11)3-4-16)8-1-2-14(21)18-7-8/h5-6,8H,1-4,7H2,(H,18,21). The van der Waals surface area contributed by atoms with Gasteiger partial charge < -0.3 is 9.88 Å². The quantitative estimate of drug-likeness (QED) is 0.839. The normalized spacial score (nSPS) is 19.0. The highest BCUT2D eigenvalue weighted by atomic mass is 79.9. The molecule has 1 unspecified atom stereocenters. The van der Waals surface area contributed by atoms with Crippen LogP contribution in [0.5, 0.6) is 0 Å². The van der Waals surface area contributed by atoms with Gasteiger partial charge in [0.2, 0.25) is 5.91 Å². The maximum Gasteiger partial charge on any atom is 0.220 e. The molecule has 2 heterocycles. The molecule has 1 amide bonds. The largest absolute Gasteiger partial charge is 0.354 e. The van der Waals surface area contributed by atoms with E-state index in [-0.39, 0.29) is 17.8 Å². The van der Waals surface area contributed by atoms with E-state index in [9.17, 15) is 9.18 Å². The van der Waals surface area contributed by atoms with Crippen LogP contribution in [0.4, 0.5) is 4.39 Å². The molecule has 112 valence electrons. The smallest absolute Gasteiger partial charge is 0.220 e. The topological polar surface area (TPSA) is 46.9 Å². The van der Waals surface area contributed by atoms with Gasteiger partial charge in [0.25, 0.3) is 0 Å². The van der Waals surface area contributed by atoms with Crippen LogP contribution in [0.25, 0.3) is 11.0 Å². The third-order valence-corrected chi connectivity index (χ3v) is 4.52. The molecular weight excluding hydrogens is 361 g/mol. The molecule has 0 aliphatic carbocycles. The lowest BCUT2D eigenvalue weighted by Crippen LogP contribution is -2.36. The van der Waals surface area contributed by atoms with Gasteiger partial charge in [-0.05, 0) is 28.4 Å². The van der Waals surface area contributed by atoms with E-state index in [4.69, 9.17) is 11.6 Å². The lowest BCUT2D eigenvalue weighted by atomic mass is 10.1. The van der Waals surface area contributed by atoms with Crippen LogP contribution in [0.1, 0.15) is 24.7 Å². The van der Waals surface area contributed by atoms with Crippen molar-refractivity contribution in [3.05, 3.63) is 28.2 Å². The first kappa shape index (κ1) is 14.8. The fourth-order valence-electron chi connectivity index (χ4n) is 2.75. The first-order valence-electron chi connectivity index (χ1n) is 6.78. The monoisotopic (exact) mass is 373 g/mol. The lowest BCUT2D eigenvalue weighted by molar-refractivity contribution is -0.122. The Labute approximate surface area is 134 Å². The Morgan fingerprint density at radius 1 is 1.52 bits per heavy atom. The second-order valence-corrected chi connectivity index (χ2v) is 6.32. The van der Waals surface area contributed by atoms with E-state index in [2.05, 4.69) is 26.2 Å². The van der Waals surface area contributed by atoms with E-state index in [1.807, 2.05) is 4.57 Å². The summed E-state index contributed by atoms with van der Waals surface area (Å²) in [5, 5.41) is 2.86. The molecule has 0 radical (unpaired) electrons. The summed E-state index contributed by atoms with van der Waals surface area (Å²) in [6.45, 7) is 0.539. The zero-order valence-corrected chi connectivity index (χ0v) is 13.5. The molecule has 0 spiro atoms. The number of rotatable bonds is 3. The number of hydrogen-bond donors (Lipinski definition) is 1. The van der Waals surface area contributed by atoms with Crippen molar-refractivity contribution in [1.82, 2.24) is 14.9 Å². The van der Waals surface area contributed by atoms with E-state index in [1.54, 1.807) is 6.07 Å². The number of carbonyl (C=O) groups is 1. The molecule has 1 aliphatic rings. The predicted molar refractivity (Wildman–Crippen MR) is 83.1 cm³/mol. The van der Waals surface area contributed by atoms with Crippen molar-refractivity contribution in [3.63, 3.8) is 0 Å². The molecule has 0 saturated carbocycles. The fourth-order valence-corrected chi connectivity index (χ4v) is 3.25. The van der Waals surface area contributed by atoms with Gasteiger partial charge in [-0.25, -0.2) is 9.37 Å². The van der Waals surface area contributed by atoms with Gasteiger partial charge in [-0.3, -0.25) is 4.79 Å². The van der Waals surface area contributed by atoms with Gasteiger partial charge in [-0.15, -0.1) is 11.6 Å². The predicted octanol–water partition coefficient (Wildman–Crippen LogP) is 3.17. The molecule has 1 aliphatic heterocycles. The second kappa shape index (κ2) is 5.93. The minimum atomic E-state index is -0.319. The highest BCUT2D eigenvalue weighted by Gasteiger charge is 2.24. The number of amides is 1. The maximum atomic E-state index is 13.9. The van der Waals surface area contributed by atoms with Gasteiger partial charge in [0, 0.05) is 31.3 Å². The van der Waals surface area contributed by atoms with Gasteiger partial charge in [-0.1, -0.05) is 0 Å². The second-order valence-electron chi connectivity index (χ2n) is 5.09. The first-order valence-corrected chi connectivity index (χ1v) is 8.11. The fraction of sp³-hybridized carbons (Fsp3) is 0.429. The number of piperidine rings is 1. The third kappa shape index (κ3) is 2.79. The van der Waals surface area contributed by atoms with Crippen molar-refractivity contribution in [1.29, 1.82) is 0 Å². The number of alkyl halides is 1. The Bertz CT molecular complexity index is 693. The van der Waals surface area contributed by atoms with Gasteiger partial charge >= 0.3 is 0 Å². The summed E-state index contributed by atoms with van der Waals surface area (Å²) >= 11 is 9.04. The summed E-state index contributed by atoms with van der Waals surface area (Å²) in [6, 6.07) is 3.26. The third-order valence-electron chi connectivity index (χ3n) is 3.73. The Hall–Kier alpha value is -1.14. The Morgan fingerprint density at radius 3 is 3.00 bits per heavy atom. The average molecular weight is 375 g/mol. The minimum absolute atomic E-state index is 0.0588. The van der Waals surface area contributed by atoms with Crippen LogP contribution in [0.15, 0.2) is 16.6 Å². The van der Waals surface area contributed by atoms with Crippen molar-refractivity contribution in [2.24, 2.45) is 0 Å². The Morgan fingerprint density at radius 2 is 2.33 bits per heavy atom. The number of fused-ring (bicyclic) bond motifs is 1. The zero-order chi connectivity index (χ0) is 15.0. The minimum Gasteiger partial charge on any atom is -0.354 e. The molecule has 3 rings (SSSR count). The molecule has 7 heteroatoms. The lowest BCUT2D eigenvalue weighted by Gasteiger charge is -2.26. The number of carbonyl (C=O) groups excluding carboxylic acids is 1. The summed E-state index contributed by atoms with van der Waals surface area (Å²) < 4.78 is 16.3. The number of benzene rings is 1. The highest BCUT2D eigenvalue weighted by molar-refractivity contribution is 9.10. The van der Waals surface area contributed by atoms with Gasteiger partial charge in [0.1, 0.15) is 11.6 Å². The molecule has 21 heavy (non-hydrogen) atoms. The van der Waals surface area contributed by atoms with Crippen molar-refractivity contribution in [2.75, 3.05) is 12.4 Å². The molecule has 1 aromatic heterocycles. The van der Waals surface area contributed by atoms with E-state index in [0.717, 1.165) is 23.3 Å². The summed E-state index contributed by atoms with van der Waals surface area (Å²) in [6.07, 6.45) is 1.81. The molecule has 1 N–H and O–H groups in total. The molecule has 1 saturated heterocycles. The van der Waals surface area contributed by atoms with E-state index >= 15 is 0 Å². The maximum absolute atomic E-state index is 13.9. The van der Waals surface area contributed by atoms with Gasteiger partial charge in [0.05, 0.1) is 21.5 Å². The summed E-state index contributed by atoms with van der Waals surface area (Å²) in [4.78, 5) is 15.9. The van der Waals surface area contributed by atoms with Gasteiger partial charge in [-0.2, -0.15) is 0 Å². The number of nitrogens with zero attached hydrogens (tertiary/aromatic N) is 2. The van der Waals surface area contributed by atoms with Crippen molar-refractivity contribution < 1.29 is 9.18 Å². The van der Waals surface area contributed by atoms with Crippen LogP contribution in [0.3, 0.4) is 0 Å². The van der Waals surface area contributed by atoms with Gasteiger partial charge in [0.15, 0.2) is 0 Å². The van der Waals surface area contributed by atoms with Crippen LogP contribution in [-0.2, 0) is 11.2 Å². The number of nitrogens with one attached hydrogen (secondary N) is 1.